The van der Waals surface area contributed by atoms with E-state index in [0.717, 1.165) is 17.0 Å². The molecule has 2 aromatic rings. The molecule has 1 fully saturated rings. The van der Waals surface area contributed by atoms with Crippen LogP contribution in [-0.4, -0.2) is 72.1 Å². The summed E-state index contributed by atoms with van der Waals surface area (Å²) in [5, 5.41) is 9.32. The summed E-state index contributed by atoms with van der Waals surface area (Å²) in [5.41, 5.74) is 0.0339. The minimum Gasteiger partial charge on any atom is -0.489 e. The molecular formula is C26H28F6N2O3. The van der Waals surface area contributed by atoms with Gasteiger partial charge in [-0.25, -0.2) is 13.6 Å². The molecule has 3 atom stereocenters. The van der Waals surface area contributed by atoms with E-state index >= 15 is 8.78 Å². The van der Waals surface area contributed by atoms with Crippen molar-refractivity contribution in [2.24, 2.45) is 0 Å². The van der Waals surface area contributed by atoms with Crippen LogP contribution >= 0.6 is 0 Å². The number of carboxylic acids is 1. The number of rotatable bonds is 8. The van der Waals surface area contributed by atoms with Crippen LogP contribution in [0.25, 0.3) is 0 Å². The Kier molecular flexibility index (Phi) is 8.03. The number of alkyl halides is 4. The van der Waals surface area contributed by atoms with Gasteiger partial charge in [-0.15, -0.1) is 0 Å². The maximum absolute atomic E-state index is 15.5. The molecule has 4 rings (SSSR count). The first-order valence-corrected chi connectivity index (χ1v) is 12.1. The maximum Gasteiger partial charge on any atom is 0.401 e. The highest BCUT2D eigenvalue weighted by Crippen LogP contribution is 2.42. The van der Waals surface area contributed by atoms with Gasteiger partial charge in [0.05, 0.1) is 24.8 Å². The molecule has 37 heavy (non-hydrogen) atoms. The highest BCUT2D eigenvalue weighted by Gasteiger charge is 2.42. The summed E-state index contributed by atoms with van der Waals surface area (Å²) < 4.78 is 89.6. The molecular weight excluding hydrogens is 502 g/mol. The zero-order chi connectivity index (χ0) is 26.9. The minimum absolute atomic E-state index is 0.0595. The first-order valence-electron chi connectivity index (χ1n) is 12.1. The first kappa shape index (κ1) is 27.3. The van der Waals surface area contributed by atoms with Gasteiger partial charge in [0.1, 0.15) is 23.5 Å². The Hall–Kier alpha value is -2.79. The fourth-order valence-corrected chi connectivity index (χ4v) is 5.29. The highest BCUT2D eigenvalue weighted by atomic mass is 19.4. The normalized spacial score (nSPS) is 22.7. The molecule has 1 N–H and O–H groups in total. The van der Waals surface area contributed by atoms with Gasteiger partial charge >= 0.3 is 12.1 Å². The molecule has 202 valence electrons. The number of nitrogens with zero attached hydrogens (tertiary/aromatic N) is 2. The fraction of sp³-hybridized carbons (Fsp3) is 0.500. The SMILES string of the molecule is C[C@@H]1Cc2cc(C(=O)O)ccc2[C@@H](c2c(F)cc(O[C@H]3CCN(CCCF)C3)cc2F)N1CC(F)(F)F. The van der Waals surface area contributed by atoms with Crippen LogP contribution < -0.4 is 4.74 Å². The molecule has 0 aromatic heterocycles. The van der Waals surface area contributed by atoms with Gasteiger partial charge in [-0.1, -0.05) is 6.07 Å². The molecule has 2 heterocycles. The van der Waals surface area contributed by atoms with E-state index in [4.69, 9.17) is 4.74 Å². The van der Waals surface area contributed by atoms with Crippen LogP contribution in [0.1, 0.15) is 52.9 Å². The number of fused-ring (bicyclic) bond motifs is 1. The average Bonchev–Trinajstić information content (AvgIpc) is 3.25. The molecule has 0 saturated carbocycles. The Morgan fingerprint density at radius 3 is 2.49 bits per heavy atom. The molecule has 0 aliphatic carbocycles. The molecule has 0 radical (unpaired) electrons. The molecule has 0 unspecified atom stereocenters. The first-order chi connectivity index (χ1) is 17.5. The van der Waals surface area contributed by atoms with Crippen molar-refractivity contribution in [1.82, 2.24) is 9.80 Å². The van der Waals surface area contributed by atoms with Crippen LogP contribution in [0.3, 0.4) is 0 Å². The number of aromatic carboxylic acids is 1. The number of carbonyl (C=O) groups is 1. The maximum atomic E-state index is 15.5. The Bertz CT molecular complexity index is 1120. The van der Waals surface area contributed by atoms with Crippen molar-refractivity contribution in [3.8, 4) is 5.75 Å². The quantitative estimate of drug-likeness (QED) is 0.465. The molecule has 0 bridgehead atoms. The zero-order valence-corrected chi connectivity index (χ0v) is 20.2. The van der Waals surface area contributed by atoms with Gasteiger partial charge in [0.2, 0.25) is 0 Å². The van der Waals surface area contributed by atoms with E-state index in [2.05, 4.69) is 0 Å². The summed E-state index contributed by atoms with van der Waals surface area (Å²) in [4.78, 5) is 14.4. The predicted molar refractivity (Wildman–Crippen MR) is 124 cm³/mol. The topological polar surface area (TPSA) is 53.0 Å². The number of hydrogen-bond acceptors (Lipinski definition) is 4. The standard InChI is InChI=1S/C26H28F6N2O3/c1-15-9-17-10-16(25(35)36)3-4-20(17)24(34(15)14-26(30,31)32)23-21(28)11-19(12-22(23)29)37-18-5-8-33(13-18)7-2-6-27/h3-4,10-12,15,18,24H,2,5-9,13-14H2,1H3,(H,35,36)/t15-,18+,24+/m1/s1. The van der Waals surface area contributed by atoms with E-state index in [1.807, 2.05) is 4.90 Å². The lowest BCUT2D eigenvalue weighted by Crippen LogP contribution is -2.47. The van der Waals surface area contributed by atoms with Crippen LogP contribution in [-0.2, 0) is 6.42 Å². The smallest absolute Gasteiger partial charge is 0.401 e. The third-order valence-electron chi connectivity index (χ3n) is 6.93. The molecule has 0 spiro atoms. The summed E-state index contributed by atoms with van der Waals surface area (Å²) >= 11 is 0. The van der Waals surface area contributed by atoms with Gasteiger partial charge in [0, 0.05) is 43.4 Å². The van der Waals surface area contributed by atoms with Crippen molar-refractivity contribution in [2.45, 2.75) is 50.6 Å². The molecule has 11 heteroatoms. The lowest BCUT2D eigenvalue weighted by atomic mass is 9.83. The van der Waals surface area contributed by atoms with E-state index in [-0.39, 0.29) is 29.4 Å². The Labute approximate surface area is 210 Å². The van der Waals surface area contributed by atoms with Gasteiger partial charge < -0.3 is 9.84 Å². The van der Waals surface area contributed by atoms with Crippen molar-refractivity contribution < 1.29 is 41.0 Å². The molecule has 2 aromatic carbocycles. The van der Waals surface area contributed by atoms with Crippen molar-refractivity contribution in [3.63, 3.8) is 0 Å². The van der Waals surface area contributed by atoms with E-state index in [9.17, 15) is 27.5 Å². The predicted octanol–water partition coefficient (Wildman–Crippen LogP) is 5.37. The van der Waals surface area contributed by atoms with Gasteiger partial charge in [-0.05, 0) is 49.4 Å². The van der Waals surface area contributed by atoms with Crippen molar-refractivity contribution in [2.75, 3.05) is 32.9 Å². The van der Waals surface area contributed by atoms with Gasteiger partial charge in [0.15, 0.2) is 0 Å². The summed E-state index contributed by atoms with van der Waals surface area (Å²) in [7, 11) is 0. The van der Waals surface area contributed by atoms with E-state index in [1.165, 1.54) is 25.1 Å². The summed E-state index contributed by atoms with van der Waals surface area (Å²) in [6.07, 6.45) is -3.91. The van der Waals surface area contributed by atoms with Crippen molar-refractivity contribution in [3.05, 3.63) is 64.2 Å². The minimum atomic E-state index is -4.63. The lowest BCUT2D eigenvalue weighted by molar-refractivity contribution is -0.155. The van der Waals surface area contributed by atoms with Crippen LogP contribution in [0.15, 0.2) is 30.3 Å². The fourth-order valence-electron chi connectivity index (χ4n) is 5.29. The number of hydrogen-bond donors (Lipinski definition) is 1. The van der Waals surface area contributed by atoms with Crippen LogP contribution in [0.2, 0.25) is 0 Å². The third kappa shape index (κ3) is 6.20. The van der Waals surface area contributed by atoms with Crippen LogP contribution in [0.4, 0.5) is 26.3 Å². The Morgan fingerprint density at radius 1 is 1.16 bits per heavy atom. The summed E-state index contributed by atoms with van der Waals surface area (Å²) in [5.74, 6) is -3.40. The van der Waals surface area contributed by atoms with Gasteiger partial charge in [0.25, 0.3) is 0 Å². The largest absolute Gasteiger partial charge is 0.489 e. The summed E-state index contributed by atoms with van der Waals surface area (Å²) in [6, 6.07) is 3.64. The second-order valence-electron chi connectivity index (χ2n) is 9.63. The molecule has 0 amide bonds. The number of ether oxygens (including phenoxy) is 1. The number of benzene rings is 2. The molecule has 2 aliphatic heterocycles. The second-order valence-corrected chi connectivity index (χ2v) is 9.63. The number of likely N-dealkylation sites (tertiary alicyclic amines) is 1. The number of halogens is 6. The third-order valence-corrected chi connectivity index (χ3v) is 6.93. The molecule has 1 saturated heterocycles. The van der Waals surface area contributed by atoms with E-state index in [1.54, 1.807) is 0 Å². The van der Waals surface area contributed by atoms with Crippen molar-refractivity contribution >= 4 is 5.97 Å². The Balaban J connectivity index is 1.68. The zero-order valence-electron chi connectivity index (χ0n) is 20.2. The van der Waals surface area contributed by atoms with E-state index in [0.29, 0.717) is 38.0 Å². The van der Waals surface area contributed by atoms with Crippen molar-refractivity contribution in [1.29, 1.82) is 0 Å². The van der Waals surface area contributed by atoms with Gasteiger partial charge in [-0.2, -0.15) is 13.2 Å². The highest BCUT2D eigenvalue weighted by molar-refractivity contribution is 5.88. The van der Waals surface area contributed by atoms with Crippen LogP contribution in [0.5, 0.6) is 5.75 Å². The second kappa shape index (κ2) is 10.9. The number of carboxylic acid groups (broad SMARTS) is 1. The van der Waals surface area contributed by atoms with Crippen LogP contribution in [0, 0.1) is 11.6 Å². The Morgan fingerprint density at radius 2 is 1.86 bits per heavy atom. The summed E-state index contributed by atoms with van der Waals surface area (Å²) in [6.45, 7) is 1.37. The molecule has 5 nitrogen and oxygen atoms in total. The molecule has 2 aliphatic rings. The monoisotopic (exact) mass is 530 g/mol. The average molecular weight is 531 g/mol. The lowest BCUT2D eigenvalue weighted by Gasteiger charge is -2.42. The van der Waals surface area contributed by atoms with E-state index < -0.39 is 54.6 Å². The van der Waals surface area contributed by atoms with Gasteiger partial charge in [-0.3, -0.25) is 14.2 Å².